The molecule has 2 aliphatic rings. The molecule has 2 fully saturated rings. The number of allylic oxidation sites excluding steroid dienone is 1. The Hall–Kier alpha value is -3.26. The average molecular weight is 452 g/mol. The molecule has 0 saturated carbocycles. The lowest BCUT2D eigenvalue weighted by atomic mass is 10.1. The van der Waals surface area contributed by atoms with E-state index in [-0.39, 0.29) is 24.4 Å². The summed E-state index contributed by atoms with van der Waals surface area (Å²) in [6.45, 7) is 5.95. The van der Waals surface area contributed by atoms with Crippen molar-refractivity contribution >= 4 is 22.6 Å². The van der Waals surface area contributed by atoms with Crippen molar-refractivity contribution in [1.82, 2.24) is 20.2 Å². The third-order valence-electron chi connectivity index (χ3n) is 6.54. The molecule has 33 heavy (non-hydrogen) atoms. The van der Waals surface area contributed by atoms with Crippen LogP contribution >= 0.6 is 0 Å². The normalized spacial score (nSPS) is 19.8. The molecular weight excluding hydrogens is 424 g/mol. The van der Waals surface area contributed by atoms with E-state index in [0.29, 0.717) is 43.0 Å². The summed E-state index contributed by atoms with van der Waals surface area (Å²) >= 11 is 0. The molecule has 2 N–H and O–H groups in total. The van der Waals surface area contributed by atoms with E-state index in [4.69, 9.17) is 0 Å². The van der Waals surface area contributed by atoms with Crippen LogP contribution in [-0.2, 0) is 13.0 Å². The first-order valence-corrected chi connectivity index (χ1v) is 11.3. The number of hydrogen-bond donors (Lipinski definition) is 2. The van der Waals surface area contributed by atoms with Crippen LogP contribution in [0.5, 0.6) is 0 Å². The lowest BCUT2D eigenvalue weighted by Gasteiger charge is -2.34. The van der Waals surface area contributed by atoms with Crippen molar-refractivity contribution in [1.29, 1.82) is 0 Å². The Balaban J connectivity index is 1.21. The van der Waals surface area contributed by atoms with Gasteiger partial charge in [-0.25, -0.2) is 13.8 Å². The quantitative estimate of drug-likeness (QED) is 0.541. The molecule has 0 radical (unpaired) electrons. The van der Waals surface area contributed by atoms with Gasteiger partial charge in [0.1, 0.15) is 17.3 Å². The maximum absolute atomic E-state index is 14.8. The number of nitrogens with zero attached hydrogens (tertiary/aromatic N) is 3. The summed E-state index contributed by atoms with van der Waals surface area (Å²) in [5.74, 6) is -1.16. The average Bonchev–Trinajstić information content (AvgIpc) is 3.37. The number of fused-ring (bicyclic) bond motifs is 3. The number of piperazine rings is 1. The zero-order valence-corrected chi connectivity index (χ0v) is 18.4. The first-order valence-electron chi connectivity index (χ1n) is 11.3. The number of carbonyl (C=O) groups is 1. The topological polar surface area (TPSA) is 62.2 Å². The van der Waals surface area contributed by atoms with Crippen LogP contribution in [-0.4, -0.2) is 47.2 Å². The van der Waals surface area contributed by atoms with Gasteiger partial charge in [0.15, 0.2) is 0 Å². The number of carbonyl (C=O) groups excluding carboxylic acids is 1. The number of amides is 1. The summed E-state index contributed by atoms with van der Waals surface area (Å²) in [6, 6.07) is 6.91. The predicted molar refractivity (Wildman–Crippen MR) is 124 cm³/mol. The molecule has 2 bridgehead atoms. The molecule has 5 rings (SSSR count). The van der Waals surface area contributed by atoms with Crippen LogP contribution in [0.4, 0.5) is 14.5 Å². The Kier molecular flexibility index (Phi) is 5.85. The minimum Gasteiger partial charge on any atom is -0.366 e. The van der Waals surface area contributed by atoms with Crippen LogP contribution in [0.25, 0.3) is 11.0 Å². The van der Waals surface area contributed by atoms with Gasteiger partial charge in [-0.15, -0.1) is 6.58 Å². The van der Waals surface area contributed by atoms with Gasteiger partial charge in [0.25, 0.3) is 5.91 Å². The first-order chi connectivity index (χ1) is 16.0. The molecule has 2 unspecified atom stereocenters. The van der Waals surface area contributed by atoms with E-state index in [2.05, 4.69) is 22.2 Å². The summed E-state index contributed by atoms with van der Waals surface area (Å²) in [5, 5.41) is 7.13. The van der Waals surface area contributed by atoms with Crippen molar-refractivity contribution in [2.75, 3.05) is 24.5 Å². The van der Waals surface area contributed by atoms with Crippen LogP contribution in [0.2, 0.25) is 0 Å². The fourth-order valence-corrected chi connectivity index (χ4v) is 4.91. The summed E-state index contributed by atoms with van der Waals surface area (Å²) in [5.41, 5.74) is 1.78. The van der Waals surface area contributed by atoms with Crippen molar-refractivity contribution in [2.45, 2.75) is 37.9 Å². The molecule has 172 valence electrons. The number of pyridine rings is 1. The maximum Gasteiger partial charge on any atom is 0.252 e. The minimum absolute atomic E-state index is 0.196. The second-order valence-electron chi connectivity index (χ2n) is 8.84. The monoisotopic (exact) mass is 451 g/mol. The summed E-state index contributed by atoms with van der Waals surface area (Å²) < 4.78 is 31.5. The molecule has 2 aliphatic heterocycles. The van der Waals surface area contributed by atoms with E-state index in [1.807, 2.05) is 21.7 Å². The minimum atomic E-state index is -0.446. The van der Waals surface area contributed by atoms with Crippen molar-refractivity contribution < 1.29 is 13.6 Å². The zero-order chi connectivity index (χ0) is 22.9. The Bertz CT molecular complexity index is 1190. The summed E-state index contributed by atoms with van der Waals surface area (Å²) in [7, 11) is 0. The molecule has 0 aliphatic carbocycles. The largest absolute Gasteiger partial charge is 0.366 e. The van der Waals surface area contributed by atoms with Crippen LogP contribution < -0.4 is 15.5 Å². The van der Waals surface area contributed by atoms with Gasteiger partial charge in [0.2, 0.25) is 0 Å². The molecule has 1 amide bonds. The fraction of sp³-hybridized carbons (Fsp3) is 0.360. The van der Waals surface area contributed by atoms with Gasteiger partial charge in [-0.3, -0.25) is 4.79 Å². The molecule has 2 atom stereocenters. The van der Waals surface area contributed by atoms with Crippen LogP contribution in [0.3, 0.4) is 0 Å². The van der Waals surface area contributed by atoms with E-state index in [1.165, 1.54) is 18.3 Å². The van der Waals surface area contributed by atoms with E-state index in [0.717, 1.165) is 23.9 Å². The van der Waals surface area contributed by atoms with Gasteiger partial charge >= 0.3 is 0 Å². The zero-order valence-electron chi connectivity index (χ0n) is 18.4. The lowest BCUT2D eigenvalue weighted by Crippen LogP contribution is -2.51. The Morgan fingerprint density at radius 2 is 2.00 bits per heavy atom. The van der Waals surface area contributed by atoms with E-state index >= 15 is 0 Å². The highest BCUT2D eigenvalue weighted by Gasteiger charge is 2.33. The number of hydrogen-bond acceptors (Lipinski definition) is 4. The number of halogens is 2. The van der Waals surface area contributed by atoms with E-state index in [1.54, 1.807) is 12.1 Å². The second kappa shape index (κ2) is 8.94. The third-order valence-corrected chi connectivity index (χ3v) is 6.54. The van der Waals surface area contributed by atoms with Gasteiger partial charge in [0, 0.05) is 62.1 Å². The molecular formula is C25H27F2N5O. The number of aromatic nitrogens is 2. The van der Waals surface area contributed by atoms with Crippen molar-refractivity contribution in [3.63, 3.8) is 0 Å². The molecule has 4 heterocycles. The van der Waals surface area contributed by atoms with E-state index < -0.39 is 11.6 Å². The third kappa shape index (κ3) is 4.35. The Morgan fingerprint density at radius 3 is 2.76 bits per heavy atom. The van der Waals surface area contributed by atoms with Gasteiger partial charge in [-0.2, -0.15) is 0 Å². The lowest BCUT2D eigenvalue weighted by molar-refractivity contribution is 0.0954. The molecule has 0 spiro atoms. The van der Waals surface area contributed by atoms with Gasteiger partial charge in [0.05, 0.1) is 11.3 Å². The number of benzene rings is 1. The molecule has 2 aromatic heterocycles. The van der Waals surface area contributed by atoms with Crippen LogP contribution in [0.15, 0.2) is 49.3 Å². The van der Waals surface area contributed by atoms with Gasteiger partial charge in [-0.1, -0.05) is 6.08 Å². The number of rotatable bonds is 7. The molecule has 3 aromatic rings. The van der Waals surface area contributed by atoms with Crippen LogP contribution in [0, 0.1) is 11.6 Å². The molecule has 1 aromatic carbocycles. The van der Waals surface area contributed by atoms with E-state index in [9.17, 15) is 13.6 Å². The predicted octanol–water partition coefficient (Wildman–Crippen LogP) is 3.41. The standard InChI is InChI=1S/C25H27F2N5O/c1-2-8-31-9-6-17-10-18(13-29-24(17)31)25(33)28-7-5-16-11-22(27)23(12-21(16)26)32-14-19-3-4-20(15-32)30-19/h2,6,9-13,19-20,30H,1,3-5,7-8,14-15H2,(H,28,33). The van der Waals surface area contributed by atoms with Crippen molar-refractivity contribution in [3.05, 3.63) is 72.1 Å². The fourth-order valence-electron chi connectivity index (χ4n) is 4.91. The summed E-state index contributed by atoms with van der Waals surface area (Å²) in [4.78, 5) is 18.9. The van der Waals surface area contributed by atoms with Gasteiger partial charge in [-0.05, 0) is 43.0 Å². The van der Waals surface area contributed by atoms with Crippen molar-refractivity contribution in [3.8, 4) is 0 Å². The Labute approximate surface area is 191 Å². The second-order valence-corrected chi connectivity index (χ2v) is 8.84. The highest BCUT2D eigenvalue weighted by molar-refractivity contribution is 5.97. The highest BCUT2D eigenvalue weighted by Crippen LogP contribution is 2.29. The maximum atomic E-state index is 14.8. The molecule has 2 saturated heterocycles. The smallest absolute Gasteiger partial charge is 0.252 e. The Morgan fingerprint density at radius 1 is 1.21 bits per heavy atom. The SMILES string of the molecule is C=CCn1ccc2cc(C(=O)NCCc3cc(F)c(N4CC5CCC(C4)N5)cc3F)cnc21. The first kappa shape index (κ1) is 21.6. The van der Waals surface area contributed by atoms with Crippen LogP contribution in [0.1, 0.15) is 28.8 Å². The highest BCUT2D eigenvalue weighted by atomic mass is 19.1. The molecule has 6 nitrogen and oxygen atoms in total. The number of anilines is 1. The van der Waals surface area contributed by atoms with Crippen molar-refractivity contribution in [2.24, 2.45) is 0 Å². The molecule has 8 heteroatoms. The summed E-state index contributed by atoms with van der Waals surface area (Å²) in [6.07, 6.45) is 7.55. The van der Waals surface area contributed by atoms with Gasteiger partial charge < -0.3 is 20.1 Å². The number of nitrogens with one attached hydrogen (secondary N) is 2.